The third-order valence-electron chi connectivity index (χ3n) is 11.2. The topological polar surface area (TPSA) is 119 Å². The molecule has 0 saturated carbocycles. The minimum atomic E-state index is 0.391. The Hall–Kier alpha value is -9.47. The summed E-state index contributed by atoms with van der Waals surface area (Å²) in [6.45, 7) is 7.94. The van der Waals surface area contributed by atoms with Crippen molar-refractivity contribution < 1.29 is 0 Å². The van der Waals surface area contributed by atoms with Gasteiger partial charge in [0.25, 0.3) is 0 Å². The van der Waals surface area contributed by atoms with Crippen molar-refractivity contribution in [3.63, 3.8) is 0 Å². The highest BCUT2D eigenvalue weighted by Crippen LogP contribution is 2.46. The molecule has 0 radical (unpaired) electrons. The fraction of sp³-hybridized carbons (Fsp3) is 0. The van der Waals surface area contributed by atoms with Gasteiger partial charge in [0.2, 0.25) is 0 Å². The van der Waals surface area contributed by atoms with E-state index in [9.17, 15) is 15.8 Å². The Balaban J connectivity index is 1.34. The third kappa shape index (κ3) is 6.70. The van der Waals surface area contributed by atoms with Gasteiger partial charge in [-0.05, 0) is 65.7 Å². The van der Waals surface area contributed by atoms with Crippen LogP contribution in [0.3, 0.4) is 0 Å². The van der Waals surface area contributed by atoms with Gasteiger partial charge in [0.15, 0.2) is 23.2 Å². The van der Waals surface area contributed by atoms with Crippen LogP contribution in [0.25, 0.3) is 99.9 Å². The number of rotatable bonds is 7. The molecule has 10 rings (SSSR count). The monoisotopic (exact) mass is 802 g/mol. The Morgan fingerprint density at radius 1 is 0.413 bits per heavy atom. The molecule has 0 atom stereocenters. The van der Waals surface area contributed by atoms with Gasteiger partial charge in [0.05, 0.1) is 52.6 Å². The van der Waals surface area contributed by atoms with Crippen molar-refractivity contribution in [2.75, 3.05) is 0 Å². The lowest BCUT2D eigenvalue weighted by Crippen LogP contribution is -2.05. The Morgan fingerprint density at radius 3 is 1.51 bits per heavy atom. The number of nitrogens with zero attached hydrogens (tertiary/aromatic N) is 8. The summed E-state index contributed by atoms with van der Waals surface area (Å²) in [5, 5.41) is 32.8. The van der Waals surface area contributed by atoms with Gasteiger partial charge in [-0.2, -0.15) is 15.8 Å². The first-order chi connectivity index (χ1) is 31.1. The molecule has 2 heterocycles. The zero-order valence-corrected chi connectivity index (χ0v) is 33.4. The summed E-state index contributed by atoms with van der Waals surface area (Å²) >= 11 is 0. The van der Waals surface area contributed by atoms with E-state index in [1.807, 2.05) is 146 Å². The molecule has 0 unspecified atom stereocenters. The van der Waals surface area contributed by atoms with E-state index < -0.39 is 0 Å². The van der Waals surface area contributed by atoms with Gasteiger partial charge < -0.3 is 4.57 Å². The molecule has 0 amide bonds. The maximum Gasteiger partial charge on any atom is 0.196 e. The van der Waals surface area contributed by atoms with E-state index >= 15 is 0 Å². The summed E-state index contributed by atoms with van der Waals surface area (Å²) in [5.41, 5.74) is 11.0. The molecule has 63 heavy (non-hydrogen) atoms. The van der Waals surface area contributed by atoms with Gasteiger partial charge >= 0.3 is 0 Å². The van der Waals surface area contributed by atoms with Crippen molar-refractivity contribution in [1.29, 1.82) is 15.8 Å². The van der Waals surface area contributed by atoms with E-state index in [2.05, 4.69) is 51.9 Å². The molecule has 2 aromatic heterocycles. The van der Waals surface area contributed by atoms with Crippen LogP contribution >= 0.6 is 0 Å². The summed E-state index contributed by atoms with van der Waals surface area (Å²) in [6.07, 6.45) is 0. The summed E-state index contributed by atoms with van der Waals surface area (Å²) < 4.78 is 2.21. The van der Waals surface area contributed by atoms with Crippen molar-refractivity contribution in [1.82, 2.24) is 19.5 Å². The number of nitriles is 3. The van der Waals surface area contributed by atoms with Crippen LogP contribution in [0, 0.1) is 40.6 Å². The summed E-state index contributed by atoms with van der Waals surface area (Å²) in [7, 11) is 0. The average molecular weight is 803 g/mol. The van der Waals surface area contributed by atoms with E-state index in [0.29, 0.717) is 56.5 Å². The van der Waals surface area contributed by atoms with Crippen LogP contribution < -0.4 is 0 Å². The van der Waals surface area contributed by atoms with E-state index in [0.717, 1.165) is 60.9 Å². The molecule has 0 spiro atoms. The fourth-order valence-corrected chi connectivity index (χ4v) is 8.30. The smallest absolute Gasteiger partial charge is 0.196 e. The predicted molar refractivity (Wildman–Crippen MR) is 247 cm³/mol. The molecule has 0 aliphatic carbocycles. The van der Waals surface area contributed by atoms with E-state index in [1.165, 1.54) is 0 Å². The summed E-state index contributed by atoms with van der Waals surface area (Å²) in [6, 6.07) is 65.2. The standard InChI is InChI=1S/C55H30N8/c1-59-49-28-35(32-56)24-26-44(49)38-25-27-51-46(29-38)45-22-12-13-23-50(45)63(51)52-47(42-20-10-8-18-39(42)33-57)30-41(31-48(52)43-21-11-9-19-40(43)34-58)55-61-53(36-14-4-2-5-15-36)60-54(62-55)37-16-6-3-7-17-37/h2-31H. The maximum atomic E-state index is 10.7. The fourth-order valence-electron chi connectivity index (χ4n) is 8.30. The minimum Gasteiger partial charge on any atom is -0.308 e. The van der Waals surface area contributed by atoms with Gasteiger partial charge in [-0.3, -0.25) is 0 Å². The van der Waals surface area contributed by atoms with Crippen LogP contribution in [0.5, 0.6) is 0 Å². The number of hydrogen-bond donors (Lipinski definition) is 0. The van der Waals surface area contributed by atoms with Gasteiger partial charge in [0, 0.05) is 55.3 Å². The zero-order chi connectivity index (χ0) is 42.9. The van der Waals surface area contributed by atoms with Gasteiger partial charge in [0.1, 0.15) is 0 Å². The second-order valence-electron chi connectivity index (χ2n) is 14.8. The largest absolute Gasteiger partial charge is 0.308 e. The molecule has 8 nitrogen and oxygen atoms in total. The Bertz CT molecular complexity index is 3480. The third-order valence-corrected chi connectivity index (χ3v) is 11.2. The molecule has 8 heteroatoms. The molecule has 8 aromatic carbocycles. The Kier molecular flexibility index (Phi) is 9.56. The Labute approximate surface area is 363 Å². The average Bonchev–Trinajstić information content (AvgIpc) is 3.69. The minimum absolute atomic E-state index is 0.391. The van der Waals surface area contributed by atoms with Crippen LogP contribution in [-0.4, -0.2) is 19.5 Å². The number of aromatic nitrogens is 4. The first kappa shape index (κ1) is 37.8. The highest BCUT2D eigenvalue weighted by Gasteiger charge is 2.25. The lowest BCUT2D eigenvalue weighted by molar-refractivity contribution is 1.07. The van der Waals surface area contributed by atoms with Crippen LogP contribution in [0.15, 0.2) is 182 Å². The zero-order valence-electron chi connectivity index (χ0n) is 33.4. The van der Waals surface area contributed by atoms with Crippen molar-refractivity contribution in [2.45, 2.75) is 0 Å². The number of benzene rings is 8. The molecule has 0 N–H and O–H groups in total. The van der Waals surface area contributed by atoms with Gasteiger partial charge in [-0.1, -0.05) is 127 Å². The SMILES string of the molecule is [C-]#[N+]c1cc(C#N)ccc1-c1ccc2c(c1)c1ccccc1n2-c1c(-c2ccccc2C#N)cc(-c2nc(-c3ccccc3)nc(-c3ccccc3)n2)cc1-c1ccccc1C#N. The predicted octanol–water partition coefficient (Wildman–Crippen LogP) is 13.1. The van der Waals surface area contributed by atoms with Crippen LogP contribution in [0.4, 0.5) is 5.69 Å². The first-order valence-corrected chi connectivity index (χ1v) is 20.1. The van der Waals surface area contributed by atoms with Gasteiger partial charge in [-0.15, -0.1) is 0 Å². The molecule has 0 fully saturated rings. The Morgan fingerprint density at radius 2 is 0.937 bits per heavy atom. The van der Waals surface area contributed by atoms with E-state index in [-0.39, 0.29) is 0 Å². The van der Waals surface area contributed by atoms with E-state index in [1.54, 1.807) is 12.1 Å². The quantitative estimate of drug-likeness (QED) is 0.148. The highest BCUT2D eigenvalue weighted by molar-refractivity contribution is 6.12. The second kappa shape index (κ2) is 15.9. The molecular formula is C55H30N8. The second-order valence-corrected chi connectivity index (χ2v) is 14.8. The van der Waals surface area contributed by atoms with Crippen molar-refractivity contribution in [3.05, 3.63) is 210 Å². The summed E-state index contributed by atoms with van der Waals surface area (Å²) in [5.74, 6) is 1.43. The molecule has 0 bridgehead atoms. The highest BCUT2D eigenvalue weighted by atomic mass is 15.0. The maximum absolute atomic E-state index is 10.7. The van der Waals surface area contributed by atoms with Crippen LogP contribution in [0.2, 0.25) is 0 Å². The van der Waals surface area contributed by atoms with Gasteiger partial charge in [-0.25, -0.2) is 19.8 Å². The first-order valence-electron chi connectivity index (χ1n) is 20.1. The van der Waals surface area contributed by atoms with E-state index in [4.69, 9.17) is 21.5 Å². The normalized spacial score (nSPS) is 10.8. The number of hydrogen-bond acceptors (Lipinski definition) is 6. The number of para-hydroxylation sites is 1. The molecule has 290 valence electrons. The van der Waals surface area contributed by atoms with Crippen molar-refractivity contribution >= 4 is 27.5 Å². The lowest BCUT2D eigenvalue weighted by Gasteiger charge is -2.22. The van der Waals surface area contributed by atoms with Crippen LogP contribution in [0.1, 0.15) is 16.7 Å². The summed E-state index contributed by atoms with van der Waals surface area (Å²) in [4.78, 5) is 19.0. The number of fused-ring (bicyclic) bond motifs is 3. The molecule has 0 saturated heterocycles. The van der Waals surface area contributed by atoms with Crippen molar-refractivity contribution in [3.8, 4) is 91.4 Å². The molecule has 0 aliphatic rings. The molecule has 0 aliphatic heterocycles. The lowest BCUT2D eigenvalue weighted by atomic mass is 9.89. The molecular weight excluding hydrogens is 773 g/mol. The van der Waals surface area contributed by atoms with Crippen molar-refractivity contribution in [2.24, 2.45) is 0 Å². The molecule has 10 aromatic rings. The van der Waals surface area contributed by atoms with Crippen LogP contribution in [-0.2, 0) is 0 Å².